The van der Waals surface area contributed by atoms with E-state index in [1.807, 2.05) is 25.1 Å². The van der Waals surface area contributed by atoms with Crippen LogP contribution < -0.4 is 14.8 Å². The molecule has 1 aromatic heterocycles. The average Bonchev–Trinajstić information content (AvgIpc) is 3.02. The van der Waals surface area contributed by atoms with Gasteiger partial charge in [0.05, 0.1) is 13.7 Å². The van der Waals surface area contributed by atoms with Crippen molar-refractivity contribution < 1.29 is 42.8 Å². The molecular weight excluding hydrogens is 532 g/mol. The number of hydrogen-bond acceptors (Lipinski definition) is 10. The fraction of sp³-hybridized carbons (Fsp3) is 0.533. The third kappa shape index (κ3) is 9.43. The van der Waals surface area contributed by atoms with E-state index < -0.39 is 36.8 Å². The molecule has 224 valence electrons. The van der Waals surface area contributed by atoms with E-state index in [9.17, 15) is 14.4 Å². The zero-order valence-electron chi connectivity index (χ0n) is 24.1. The molecule has 3 rings (SSSR count). The molecule has 11 heteroatoms. The third-order valence-electron chi connectivity index (χ3n) is 6.84. The minimum Gasteiger partial charge on any atom is -0.493 e. The molecule has 1 saturated heterocycles. The molecule has 2 heterocycles. The Hall–Kier alpha value is -3.70. The molecule has 2 aromatic rings. The topological polar surface area (TPSA) is 132 Å². The zero-order chi connectivity index (χ0) is 29.6. The van der Waals surface area contributed by atoms with Gasteiger partial charge in [-0.25, -0.2) is 14.6 Å². The van der Waals surface area contributed by atoms with Crippen molar-refractivity contribution in [1.29, 1.82) is 0 Å². The Morgan fingerprint density at radius 3 is 2.61 bits per heavy atom. The van der Waals surface area contributed by atoms with Crippen LogP contribution in [-0.4, -0.2) is 75.3 Å². The van der Waals surface area contributed by atoms with E-state index in [-0.39, 0.29) is 42.2 Å². The molecule has 0 aliphatic carbocycles. The lowest BCUT2D eigenvalue weighted by molar-refractivity contribution is -0.155. The number of esters is 2. The van der Waals surface area contributed by atoms with E-state index in [0.717, 1.165) is 24.8 Å². The summed E-state index contributed by atoms with van der Waals surface area (Å²) < 4.78 is 32.7. The highest BCUT2D eigenvalue weighted by Crippen LogP contribution is 2.31. The van der Waals surface area contributed by atoms with Crippen LogP contribution in [0.3, 0.4) is 0 Å². The summed E-state index contributed by atoms with van der Waals surface area (Å²) in [7, 11) is 1.40. The summed E-state index contributed by atoms with van der Waals surface area (Å²) >= 11 is 0. The van der Waals surface area contributed by atoms with Crippen molar-refractivity contribution in [3.05, 3.63) is 53.9 Å². The van der Waals surface area contributed by atoms with E-state index in [1.165, 1.54) is 19.4 Å². The average molecular weight is 573 g/mol. The van der Waals surface area contributed by atoms with Crippen molar-refractivity contribution in [2.75, 3.05) is 40.3 Å². The highest BCUT2D eigenvalue weighted by atomic mass is 16.7. The number of hydrogen-bond donors (Lipinski definition) is 1. The number of rotatable bonds is 13. The SMILES string of the molecule is CCC[C@H]1COC[C@H](NC(=O)c2nccc(OC)c2OCOC(=O)COCC)C(=O)O[C@@H](C)[C@@H]1Cc1ccccc1. The molecule has 41 heavy (non-hydrogen) atoms. The van der Waals surface area contributed by atoms with Gasteiger partial charge in [0.25, 0.3) is 5.91 Å². The first kappa shape index (κ1) is 31.8. The number of nitrogens with zero attached hydrogens (tertiary/aromatic N) is 1. The number of aromatic nitrogens is 1. The molecule has 4 atom stereocenters. The number of carbonyl (C=O) groups is 3. The van der Waals surface area contributed by atoms with Gasteiger partial charge < -0.3 is 33.7 Å². The largest absolute Gasteiger partial charge is 0.493 e. The van der Waals surface area contributed by atoms with Crippen LogP contribution in [0.15, 0.2) is 42.6 Å². The number of nitrogens with one attached hydrogen (secondary N) is 1. The van der Waals surface area contributed by atoms with Gasteiger partial charge in [-0.05, 0) is 38.2 Å². The normalized spacial score (nSPS) is 21.0. The maximum Gasteiger partial charge on any atom is 0.334 e. The smallest absolute Gasteiger partial charge is 0.334 e. The Morgan fingerprint density at radius 1 is 1.12 bits per heavy atom. The Kier molecular flexibility index (Phi) is 12.8. The van der Waals surface area contributed by atoms with Crippen LogP contribution in [-0.2, 0) is 35.0 Å². The molecule has 0 saturated carbocycles. The number of pyridine rings is 1. The monoisotopic (exact) mass is 572 g/mol. The molecule has 0 bridgehead atoms. The summed E-state index contributed by atoms with van der Waals surface area (Å²) in [6.45, 7) is 5.75. The first-order chi connectivity index (χ1) is 19.9. The van der Waals surface area contributed by atoms with Gasteiger partial charge in [0.15, 0.2) is 23.2 Å². The lowest BCUT2D eigenvalue weighted by Gasteiger charge is -2.30. The van der Waals surface area contributed by atoms with Crippen molar-refractivity contribution in [3.8, 4) is 11.5 Å². The first-order valence-electron chi connectivity index (χ1n) is 13.9. The maximum absolute atomic E-state index is 13.3. The number of amides is 1. The van der Waals surface area contributed by atoms with Crippen molar-refractivity contribution in [2.24, 2.45) is 11.8 Å². The van der Waals surface area contributed by atoms with E-state index >= 15 is 0 Å². The zero-order valence-corrected chi connectivity index (χ0v) is 24.1. The number of ether oxygens (including phenoxy) is 6. The molecule has 1 aliphatic heterocycles. The predicted octanol–water partition coefficient (Wildman–Crippen LogP) is 3.34. The second kappa shape index (κ2) is 16.5. The fourth-order valence-electron chi connectivity index (χ4n) is 4.75. The molecule has 0 unspecified atom stereocenters. The summed E-state index contributed by atoms with van der Waals surface area (Å²) in [5, 5.41) is 2.67. The van der Waals surface area contributed by atoms with E-state index in [1.54, 1.807) is 6.92 Å². The number of carbonyl (C=O) groups excluding carboxylic acids is 3. The first-order valence-corrected chi connectivity index (χ1v) is 13.9. The number of benzene rings is 1. The van der Waals surface area contributed by atoms with Crippen molar-refractivity contribution >= 4 is 17.8 Å². The summed E-state index contributed by atoms with van der Waals surface area (Å²) in [4.78, 5) is 42.4. The number of methoxy groups -OCH3 is 1. The van der Waals surface area contributed by atoms with Gasteiger partial charge in [-0.1, -0.05) is 43.7 Å². The van der Waals surface area contributed by atoms with Crippen LogP contribution in [0.25, 0.3) is 0 Å². The Bertz CT molecular complexity index is 1130. The third-order valence-corrected chi connectivity index (χ3v) is 6.84. The van der Waals surface area contributed by atoms with Gasteiger partial charge in [-0.2, -0.15) is 0 Å². The van der Waals surface area contributed by atoms with Gasteiger partial charge in [0.1, 0.15) is 12.7 Å². The molecule has 1 aliphatic rings. The van der Waals surface area contributed by atoms with Crippen LogP contribution in [0.1, 0.15) is 49.7 Å². The molecule has 0 radical (unpaired) electrons. The fourth-order valence-corrected chi connectivity index (χ4v) is 4.75. The number of cyclic esters (lactones) is 1. The molecule has 1 amide bonds. The molecular formula is C30H40N2O9. The van der Waals surface area contributed by atoms with Crippen molar-refractivity contribution in [3.63, 3.8) is 0 Å². The van der Waals surface area contributed by atoms with Gasteiger partial charge in [-0.3, -0.25) is 4.79 Å². The molecule has 11 nitrogen and oxygen atoms in total. The van der Waals surface area contributed by atoms with Gasteiger partial charge in [-0.15, -0.1) is 0 Å². The van der Waals surface area contributed by atoms with Gasteiger partial charge >= 0.3 is 11.9 Å². The van der Waals surface area contributed by atoms with Crippen LogP contribution >= 0.6 is 0 Å². The lowest BCUT2D eigenvalue weighted by atomic mass is 9.81. The quantitative estimate of drug-likeness (QED) is 0.282. The second-order valence-corrected chi connectivity index (χ2v) is 9.71. The van der Waals surface area contributed by atoms with E-state index in [4.69, 9.17) is 28.4 Å². The minimum absolute atomic E-state index is 0.0428. The Morgan fingerprint density at radius 2 is 1.90 bits per heavy atom. The molecule has 1 fully saturated rings. The molecule has 1 N–H and O–H groups in total. The van der Waals surface area contributed by atoms with E-state index in [0.29, 0.717) is 13.2 Å². The van der Waals surface area contributed by atoms with Crippen molar-refractivity contribution in [2.45, 2.75) is 52.2 Å². The molecule has 0 spiro atoms. The predicted molar refractivity (Wildman–Crippen MR) is 149 cm³/mol. The maximum atomic E-state index is 13.3. The Balaban J connectivity index is 1.73. The lowest BCUT2D eigenvalue weighted by Crippen LogP contribution is -2.46. The Labute approximate surface area is 240 Å². The summed E-state index contributed by atoms with van der Waals surface area (Å²) in [5.41, 5.74) is 1.00. The van der Waals surface area contributed by atoms with E-state index in [2.05, 4.69) is 29.4 Å². The van der Waals surface area contributed by atoms with Gasteiger partial charge in [0, 0.05) is 31.4 Å². The van der Waals surface area contributed by atoms with Crippen LogP contribution in [0.4, 0.5) is 0 Å². The van der Waals surface area contributed by atoms with Crippen LogP contribution in [0.5, 0.6) is 11.5 Å². The van der Waals surface area contributed by atoms with Crippen molar-refractivity contribution in [1.82, 2.24) is 10.3 Å². The standard InChI is InChI=1S/C30H40N2O9/c1-5-10-22-16-38-17-24(30(35)41-20(3)23(22)15-21-11-8-7-9-12-21)32-29(34)27-28(25(36-4)13-14-31-27)40-19-39-26(33)18-37-6-2/h7-9,11-14,20,22-24H,5-6,10,15-19H2,1-4H3,(H,32,34)/t20-,22-,23-,24-/m0/s1. The highest BCUT2D eigenvalue weighted by molar-refractivity contribution is 5.98. The summed E-state index contributed by atoms with van der Waals surface area (Å²) in [6.07, 6.45) is 3.58. The van der Waals surface area contributed by atoms with Gasteiger partial charge in [0.2, 0.25) is 6.79 Å². The summed E-state index contributed by atoms with van der Waals surface area (Å²) in [6, 6.07) is 10.5. The second-order valence-electron chi connectivity index (χ2n) is 9.71. The minimum atomic E-state index is -1.08. The van der Waals surface area contributed by atoms with Crippen LogP contribution in [0, 0.1) is 11.8 Å². The van der Waals surface area contributed by atoms with Crippen LogP contribution in [0.2, 0.25) is 0 Å². The molecule has 1 aromatic carbocycles. The highest BCUT2D eigenvalue weighted by Gasteiger charge is 2.35. The summed E-state index contributed by atoms with van der Waals surface area (Å²) in [5.74, 6) is -1.58.